The maximum Gasteiger partial charge on any atom is 0.302 e. The number of phenolic OH excluding ortho intramolecular Hbond substituents is 2. The van der Waals surface area contributed by atoms with Crippen LogP contribution in [0.25, 0.3) is 27.5 Å². The predicted molar refractivity (Wildman–Crippen MR) is 220 cm³/mol. The maximum absolute atomic E-state index is 13.8. The number of allylic oxidation sites excluding steroid dienone is 2. The molecule has 0 saturated heterocycles. The fourth-order valence-electron chi connectivity index (χ4n) is 7.93. The highest BCUT2D eigenvalue weighted by molar-refractivity contribution is 6.28. The minimum absolute atomic E-state index is 0.0212. The van der Waals surface area contributed by atoms with Crippen molar-refractivity contribution in [3.8, 4) is 17.2 Å². The van der Waals surface area contributed by atoms with Crippen LogP contribution in [0.5, 0.6) is 17.2 Å². The molecule has 312 valence electrons. The molecule has 14 heteroatoms. The van der Waals surface area contributed by atoms with Crippen LogP contribution in [0.15, 0.2) is 54.5 Å². The molecular formula is C44H55N3O11. The minimum Gasteiger partial charge on any atom is -0.516 e. The number of aromatic nitrogens is 2. The topological polar surface area (TPSA) is 209 Å². The summed E-state index contributed by atoms with van der Waals surface area (Å²) in [5.41, 5.74) is 1.42. The van der Waals surface area contributed by atoms with Crippen LogP contribution in [0.1, 0.15) is 76.9 Å². The number of rotatable bonds is 14. The first kappa shape index (κ1) is 43.7. The molecule has 3 heterocycles. The Morgan fingerprint density at radius 3 is 2.28 bits per heavy atom. The lowest BCUT2D eigenvalue weighted by molar-refractivity contribution is -0.160. The average molecular weight is 802 g/mol. The van der Waals surface area contributed by atoms with E-state index in [-0.39, 0.29) is 56.0 Å². The summed E-state index contributed by atoms with van der Waals surface area (Å²) in [5, 5.41) is 58.3. The molecular weight excluding hydrogens is 746 g/mol. The zero-order valence-electron chi connectivity index (χ0n) is 34.8. The van der Waals surface area contributed by atoms with Crippen molar-refractivity contribution in [2.45, 2.75) is 99.3 Å². The van der Waals surface area contributed by atoms with Crippen LogP contribution in [-0.2, 0) is 19.1 Å². The summed E-state index contributed by atoms with van der Waals surface area (Å²) in [7, 11) is 1.46. The van der Waals surface area contributed by atoms with Gasteiger partial charge in [0.1, 0.15) is 40.0 Å². The predicted octanol–water partition coefficient (Wildman–Crippen LogP) is 6.75. The number of hydrogen-bond acceptors (Lipinski definition) is 12. The van der Waals surface area contributed by atoms with Gasteiger partial charge in [-0.15, -0.1) is 0 Å². The van der Waals surface area contributed by atoms with Gasteiger partial charge in [-0.05, 0) is 58.4 Å². The first-order chi connectivity index (χ1) is 27.2. The monoisotopic (exact) mass is 801 g/mol. The third-order valence-electron chi connectivity index (χ3n) is 11.4. The summed E-state index contributed by atoms with van der Waals surface area (Å²) in [5.74, 6) is -4.26. The van der Waals surface area contributed by atoms with Crippen molar-refractivity contribution in [1.29, 1.82) is 0 Å². The molecule has 8 atom stereocenters. The fourth-order valence-corrected chi connectivity index (χ4v) is 7.93. The SMILES string of the molecule is CO[C@@H](/C=C/O)[C@@H](C)C(OC(C)=O)[C@H](C)[C@H](O)[C@H](C)[C@@H](O)[C@@H](C)/C=C/C=C(/C)C(=O)Nc1c(O)c2c(O)c(C)c3c(c2c2nc4cc(C)ccn4c12)C(=O)C(C)(C)O3. The van der Waals surface area contributed by atoms with Gasteiger partial charge in [0, 0.05) is 60.4 Å². The number of pyridine rings is 1. The normalized spacial score (nSPS) is 18.6. The van der Waals surface area contributed by atoms with Gasteiger partial charge in [0.2, 0.25) is 5.78 Å². The summed E-state index contributed by atoms with van der Waals surface area (Å²) >= 11 is 0. The van der Waals surface area contributed by atoms with Gasteiger partial charge in [-0.1, -0.05) is 45.9 Å². The Kier molecular flexibility index (Phi) is 12.7. The van der Waals surface area contributed by atoms with Crippen LogP contribution in [0.2, 0.25) is 0 Å². The van der Waals surface area contributed by atoms with Crippen LogP contribution < -0.4 is 10.1 Å². The van der Waals surface area contributed by atoms with E-state index in [4.69, 9.17) is 19.2 Å². The second-order valence-electron chi connectivity index (χ2n) is 16.1. The van der Waals surface area contributed by atoms with Crippen LogP contribution in [0, 0.1) is 37.5 Å². The number of carbonyl (C=O) groups is 3. The van der Waals surface area contributed by atoms with E-state index < -0.39 is 71.3 Å². The highest BCUT2D eigenvalue weighted by Crippen LogP contribution is 2.53. The van der Waals surface area contributed by atoms with Gasteiger partial charge in [0.25, 0.3) is 5.91 Å². The summed E-state index contributed by atoms with van der Waals surface area (Å²) in [6, 6.07) is 3.66. The number of esters is 1. The molecule has 0 bridgehead atoms. The molecule has 58 heavy (non-hydrogen) atoms. The number of methoxy groups -OCH3 is 1. The van der Waals surface area contributed by atoms with Crippen molar-refractivity contribution in [3.63, 3.8) is 0 Å². The van der Waals surface area contributed by atoms with Gasteiger partial charge in [0.05, 0.1) is 35.5 Å². The number of fused-ring (bicyclic) bond motifs is 7. The number of amides is 1. The number of aliphatic hydroxyl groups is 3. The Morgan fingerprint density at radius 1 is 0.983 bits per heavy atom. The van der Waals surface area contributed by atoms with Gasteiger partial charge in [0.15, 0.2) is 11.4 Å². The molecule has 1 unspecified atom stereocenters. The highest BCUT2D eigenvalue weighted by Gasteiger charge is 2.45. The van der Waals surface area contributed by atoms with Crippen molar-refractivity contribution in [2.75, 3.05) is 12.4 Å². The first-order valence-electron chi connectivity index (χ1n) is 19.3. The molecule has 1 aliphatic heterocycles. The van der Waals surface area contributed by atoms with Gasteiger partial charge in [-0.25, -0.2) is 4.98 Å². The summed E-state index contributed by atoms with van der Waals surface area (Å²) in [6.07, 6.45) is 5.30. The third kappa shape index (κ3) is 7.88. The first-order valence-corrected chi connectivity index (χ1v) is 19.3. The van der Waals surface area contributed by atoms with Crippen molar-refractivity contribution in [1.82, 2.24) is 9.38 Å². The van der Waals surface area contributed by atoms with Crippen LogP contribution >= 0.6 is 0 Å². The lowest BCUT2D eigenvalue weighted by Gasteiger charge is -2.37. The number of imidazole rings is 1. The average Bonchev–Trinajstić information content (AvgIpc) is 3.66. The second kappa shape index (κ2) is 16.8. The fraction of sp³-hybridized carbons (Fsp3) is 0.455. The number of nitrogens with one attached hydrogen (secondary N) is 1. The number of phenols is 2. The van der Waals surface area contributed by atoms with Crippen molar-refractivity contribution >= 4 is 50.8 Å². The molecule has 0 fully saturated rings. The molecule has 6 N–H and O–H groups in total. The van der Waals surface area contributed by atoms with E-state index in [2.05, 4.69) is 5.32 Å². The quantitative estimate of drug-likeness (QED) is 0.0257. The molecule has 2 aromatic carbocycles. The number of aryl methyl sites for hydroxylation is 1. The Morgan fingerprint density at radius 2 is 1.66 bits per heavy atom. The zero-order chi connectivity index (χ0) is 43.1. The summed E-state index contributed by atoms with van der Waals surface area (Å²) < 4.78 is 18.8. The standard InChI is InChI=1S/C44H55N3O11/c1-20-15-17-47-29(19-20)45-33-30-31(38(52)26(7)41-32(30)42(54)44(9,10)58-41)39(53)34(35(33)47)46-43(55)22(3)14-12-13-21(2)36(50)24(5)37(51)25(6)40(57-27(8)49)23(4)28(56-11)16-18-48/h12-19,21,23-25,28,36-37,40,48,50-53H,1-11H3,(H,46,55)/b13-12+,18-16+,22-14-/t21-,23+,24+,25+,28-,36-,37+,40?/m0/s1. The van der Waals surface area contributed by atoms with Gasteiger partial charge < -0.3 is 45.1 Å². The number of hydrogen-bond donors (Lipinski definition) is 6. The number of nitrogens with zero attached hydrogens (tertiary/aromatic N) is 2. The minimum atomic E-state index is -1.22. The largest absolute Gasteiger partial charge is 0.516 e. The molecule has 5 rings (SSSR count). The lowest BCUT2D eigenvalue weighted by Crippen LogP contribution is -2.46. The van der Waals surface area contributed by atoms with Gasteiger partial charge >= 0.3 is 5.97 Å². The number of carbonyl (C=O) groups excluding carboxylic acids is 3. The number of ether oxygens (including phenoxy) is 3. The summed E-state index contributed by atoms with van der Waals surface area (Å²) in [4.78, 5) is 44.4. The van der Waals surface area contributed by atoms with E-state index >= 15 is 0 Å². The molecule has 0 aliphatic carbocycles. The van der Waals surface area contributed by atoms with E-state index in [1.807, 2.05) is 19.1 Å². The lowest BCUT2D eigenvalue weighted by atomic mass is 9.78. The van der Waals surface area contributed by atoms with E-state index in [1.165, 1.54) is 20.1 Å². The van der Waals surface area contributed by atoms with Crippen molar-refractivity contribution < 1.29 is 54.1 Å². The molecule has 2 aromatic heterocycles. The summed E-state index contributed by atoms with van der Waals surface area (Å²) in [6.45, 7) is 16.5. The van der Waals surface area contributed by atoms with Crippen molar-refractivity contribution in [3.05, 3.63) is 71.2 Å². The number of aromatic hydroxyl groups is 2. The van der Waals surface area contributed by atoms with E-state index in [0.29, 0.717) is 11.2 Å². The Labute approximate surface area is 337 Å². The van der Waals surface area contributed by atoms with E-state index in [9.17, 15) is 39.9 Å². The smallest absolute Gasteiger partial charge is 0.302 e. The van der Waals surface area contributed by atoms with E-state index in [0.717, 1.165) is 11.8 Å². The number of anilines is 1. The molecule has 1 aliphatic rings. The molecule has 0 spiro atoms. The maximum atomic E-state index is 13.8. The number of aliphatic hydroxyl groups excluding tert-OH is 3. The number of benzene rings is 2. The van der Waals surface area contributed by atoms with E-state index in [1.54, 1.807) is 84.2 Å². The zero-order valence-corrected chi connectivity index (χ0v) is 34.8. The van der Waals surface area contributed by atoms with Crippen LogP contribution in [0.4, 0.5) is 5.69 Å². The molecule has 0 radical (unpaired) electrons. The molecule has 0 saturated carbocycles. The van der Waals surface area contributed by atoms with Gasteiger partial charge in [-0.2, -0.15) is 0 Å². The number of Topliss-reactive ketones (excluding diaryl/α,β-unsaturated/α-hetero) is 1. The Balaban J connectivity index is 1.43. The van der Waals surface area contributed by atoms with Crippen LogP contribution in [0.3, 0.4) is 0 Å². The molecule has 1 amide bonds. The molecule has 4 aromatic rings. The second-order valence-corrected chi connectivity index (χ2v) is 16.1. The molecule has 14 nitrogen and oxygen atoms in total. The Bertz CT molecular complexity index is 2360. The number of ketones is 1. The van der Waals surface area contributed by atoms with Crippen molar-refractivity contribution in [2.24, 2.45) is 23.7 Å². The Hall–Kier alpha value is -5.44. The van der Waals surface area contributed by atoms with Gasteiger partial charge in [-0.3, -0.25) is 18.8 Å². The highest BCUT2D eigenvalue weighted by atomic mass is 16.5. The third-order valence-corrected chi connectivity index (χ3v) is 11.4. The van der Waals surface area contributed by atoms with Crippen LogP contribution in [-0.4, -0.2) is 89.7 Å².